The monoisotopic (exact) mass is 832 g/mol. The van der Waals surface area contributed by atoms with Gasteiger partial charge in [-0.25, -0.2) is 14.4 Å². The van der Waals surface area contributed by atoms with Gasteiger partial charge < -0.3 is 53.8 Å². The Bertz CT molecular complexity index is 812. The van der Waals surface area contributed by atoms with Crippen LogP contribution >= 0.6 is 18.8 Å². The van der Waals surface area contributed by atoms with Gasteiger partial charge in [0.2, 0.25) is 5.91 Å². The first-order chi connectivity index (χ1) is 18.7. The Labute approximate surface area is 260 Å². The van der Waals surface area contributed by atoms with E-state index in [-0.39, 0.29) is 44.5 Å². The number of rotatable bonds is 19. The summed E-state index contributed by atoms with van der Waals surface area (Å²) in [5.74, 6) is -6.26. The molecule has 12 N–H and O–H groups in total. The van der Waals surface area contributed by atoms with Crippen LogP contribution in [0.25, 0.3) is 12.3 Å². The van der Waals surface area contributed by atoms with Gasteiger partial charge in [-0.15, -0.1) is 0 Å². The molecule has 0 radical (unpaired) electrons. The topological polar surface area (TPSA) is 324 Å². The first-order valence-electron chi connectivity index (χ1n) is 12.0. The molecule has 20 heteroatoms. The molecule has 0 saturated carbocycles. The summed E-state index contributed by atoms with van der Waals surface area (Å²) >= 11 is -0.472. The average Bonchev–Trinajstić information content (AvgIpc) is 2.84. The van der Waals surface area contributed by atoms with Crippen molar-refractivity contribution in [3.63, 3.8) is 0 Å². The maximum atomic E-state index is 11.8. The van der Waals surface area contributed by atoms with Crippen LogP contribution in [-0.4, -0.2) is 85.9 Å². The van der Waals surface area contributed by atoms with Gasteiger partial charge in [-0.2, -0.15) is 0 Å². The number of unbranched alkanes of at least 4 members (excludes halogenated alkanes) is 3. The van der Waals surface area contributed by atoms with Crippen LogP contribution in [0.15, 0.2) is 0 Å². The third-order valence-corrected chi connectivity index (χ3v) is 4.66. The van der Waals surface area contributed by atoms with E-state index in [0.29, 0.717) is 19.3 Å². The molecule has 42 heavy (non-hydrogen) atoms. The predicted octanol–water partition coefficient (Wildman–Crippen LogP) is 3.67. The number of carbonyl (C=O) groups is 7. The Morgan fingerprint density at radius 3 is 1.50 bits per heavy atom. The van der Waals surface area contributed by atoms with Crippen LogP contribution in [-0.2, 0) is 45.2 Å². The SMILES string of the molecule is CCCCCC(=O)O.O=C(O)CCC(=O)NCCCC[C@H](NC(=O)N[C@@H](CCC(=O)O)C(=O)O)C(=O)O.[Cl][Pt+2][Cl].[NH2-].[NH2-]. The molecule has 0 aromatic carbocycles. The molecular weight excluding hydrogens is 792 g/mol. The van der Waals surface area contributed by atoms with Gasteiger partial charge in [0, 0.05) is 25.8 Å². The number of urea groups is 1. The van der Waals surface area contributed by atoms with Crippen LogP contribution in [0.2, 0.25) is 0 Å². The fraction of sp³-hybridized carbons (Fsp3) is 0.682. The van der Waals surface area contributed by atoms with Gasteiger partial charge in [-0.1, -0.05) is 19.8 Å². The molecule has 250 valence electrons. The molecule has 0 heterocycles. The minimum atomic E-state index is -1.48. The molecule has 0 unspecified atom stereocenters. The van der Waals surface area contributed by atoms with Gasteiger partial charge in [0.15, 0.2) is 0 Å². The number of halogens is 2. The van der Waals surface area contributed by atoms with Crippen molar-refractivity contribution in [1.82, 2.24) is 16.0 Å². The van der Waals surface area contributed by atoms with E-state index in [1.165, 1.54) is 0 Å². The summed E-state index contributed by atoms with van der Waals surface area (Å²) in [7, 11) is 9.75. The molecular formula is C22H41Cl2N5O12Pt. The summed E-state index contributed by atoms with van der Waals surface area (Å²) in [5, 5.41) is 49.9. The number of hydrogen-bond acceptors (Lipinski definition) is 7. The van der Waals surface area contributed by atoms with Crippen LogP contribution in [0, 0.1) is 0 Å². The third-order valence-electron chi connectivity index (χ3n) is 4.66. The second-order valence-electron chi connectivity index (χ2n) is 7.97. The summed E-state index contributed by atoms with van der Waals surface area (Å²) in [6.07, 6.45) is 2.65. The quantitative estimate of drug-likeness (QED) is 0.0865. The fourth-order valence-electron chi connectivity index (χ4n) is 2.68. The molecule has 0 saturated heterocycles. The molecule has 0 spiro atoms. The molecule has 3 amide bonds. The zero-order valence-corrected chi connectivity index (χ0v) is 26.7. The van der Waals surface area contributed by atoms with Gasteiger partial charge in [-0.05, 0) is 32.1 Å². The molecule has 0 aromatic rings. The number of nitrogens with two attached hydrogens (primary N) is 2. The average molecular weight is 834 g/mol. The van der Waals surface area contributed by atoms with E-state index in [9.17, 15) is 33.6 Å². The molecule has 2 atom stereocenters. The zero-order chi connectivity index (χ0) is 31.5. The van der Waals surface area contributed by atoms with Crippen molar-refractivity contribution in [2.75, 3.05) is 6.54 Å². The van der Waals surface area contributed by atoms with Crippen molar-refractivity contribution in [1.29, 1.82) is 0 Å². The first kappa shape index (κ1) is 49.0. The van der Waals surface area contributed by atoms with E-state index in [2.05, 4.69) is 17.6 Å². The number of nitrogens with one attached hydrogen (secondary N) is 3. The van der Waals surface area contributed by atoms with Crippen molar-refractivity contribution in [3.8, 4) is 0 Å². The molecule has 0 bridgehead atoms. The Morgan fingerprint density at radius 1 is 0.643 bits per heavy atom. The minimum absolute atomic E-state index is 0. The number of hydrogen-bond donors (Lipinski definition) is 8. The van der Waals surface area contributed by atoms with Crippen LogP contribution in [0.3, 0.4) is 0 Å². The predicted molar refractivity (Wildman–Crippen MR) is 149 cm³/mol. The van der Waals surface area contributed by atoms with Gasteiger partial charge in [-0.3, -0.25) is 19.2 Å². The van der Waals surface area contributed by atoms with Crippen molar-refractivity contribution in [2.24, 2.45) is 0 Å². The molecule has 0 rings (SSSR count). The minimum Gasteiger partial charge on any atom is -0.693 e. The van der Waals surface area contributed by atoms with Crippen molar-refractivity contribution in [2.45, 2.75) is 89.6 Å². The third kappa shape index (κ3) is 37.3. The van der Waals surface area contributed by atoms with Gasteiger partial charge in [0.05, 0.1) is 6.42 Å². The van der Waals surface area contributed by atoms with Crippen LogP contribution in [0.1, 0.15) is 77.6 Å². The molecule has 0 aliphatic heterocycles. The molecule has 0 aliphatic rings. The van der Waals surface area contributed by atoms with E-state index in [1.807, 2.05) is 5.32 Å². The van der Waals surface area contributed by atoms with Gasteiger partial charge in [0.25, 0.3) is 0 Å². The summed E-state index contributed by atoms with van der Waals surface area (Å²) in [5.41, 5.74) is 0. The first-order valence-corrected chi connectivity index (χ1v) is 17.6. The number of carboxylic acid groups (broad SMARTS) is 5. The maximum absolute atomic E-state index is 11.8. The smallest absolute Gasteiger partial charge is 0.693 e. The van der Waals surface area contributed by atoms with Crippen molar-refractivity contribution >= 4 is 60.6 Å². The maximum Gasteiger partial charge on any atom is -0.693 e. The summed E-state index contributed by atoms with van der Waals surface area (Å²) in [6, 6.07) is -3.86. The second-order valence-corrected chi connectivity index (χ2v) is 11.3. The van der Waals surface area contributed by atoms with Crippen LogP contribution in [0.4, 0.5) is 4.79 Å². The van der Waals surface area contributed by atoms with E-state index < -0.39 is 76.8 Å². The molecule has 0 aliphatic carbocycles. The van der Waals surface area contributed by atoms with E-state index >= 15 is 0 Å². The van der Waals surface area contributed by atoms with E-state index in [1.54, 1.807) is 0 Å². The van der Waals surface area contributed by atoms with Gasteiger partial charge in [0.1, 0.15) is 12.1 Å². The van der Waals surface area contributed by atoms with Crippen molar-refractivity contribution < 1.29 is 75.6 Å². The standard InChI is InChI=1S/C16H25N3O10.C6H12O2.2ClH.2H2N.Pt/c20-11(5-7-13(23)24)17-8-2-1-3-9(14(25)26)18-16(29)19-10(15(27)28)4-6-12(21)22;1-2-3-4-5-6(7)8;;;;;/h9-10H,1-8H2,(H,17,20)(H,21,22)(H,23,24)(H,25,26)(H,27,28)(H2,18,19,29);2-5H2,1H3,(H,7,8);2*1H;2*1H2;/q;;;;2*-1;+4/p-2/t9-,10-;;;;;;/m0....../s1. The Balaban J connectivity index is -0.000000297. The van der Waals surface area contributed by atoms with Crippen LogP contribution in [0.5, 0.6) is 0 Å². The Kier molecular flexibility index (Phi) is 38.2. The second kappa shape index (κ2) is 32.8. The summed E-state index contributed by atoms with van der Waals surface area (Å²) in [4.78, 5) is 76.1. The number of amides is 3. The van der Waals surface area contributed by atoms with E-state index in [4.69, 9.17) is 44.4 Å². The summed E-state index contributed by atoms with van der Waals surface area (Å²) in [6.45, 7) is 2.26. The number of carbonyl (C=O) groups excluding carboxylic acids is 2. The van der Waals surface area contributed by atoms with Crippen LogP contribution < -0.4 is 16.0 Å². The van der Waals surface area contributed by atoms with Crippen molar-refractivity contribution in [3.05, 3.63) is 12.3 Å². The van der Waals surface area contributed by atoms with Gasteiger partial charge >= 0.3 is 71.2 Å². The Morgan fingerprint density at radius 2 is 1.10 bits per heavy atom. The van der Waals surface area contributed by atoms with E-state index in [0.717, 1.165) is 19.3 Å². The number of carboxylic acids is 5. The number of aliphatic carboxylic acids is 5. The fourth-order valence-corrected chi connectivity index (χ4v) is 2.68. The molecule has 0 fully saturated rings. The molecule has 17 nitrogen and oxygen atoms in total. The summed E-state index contributed by atoms with van der Waals surface area (Å²) < 4.78 is 0. The normalized spacial score (nSPS) is 10.7. The largest absolute Gasteiger partial charge is 0.693 e. The Hall–Kier alpha value is -2.72. The zero-order valence-electron chi connectivity index (χ0n) is 23.0. The molecule has 0 aromatic heterocycles.